The lowest BCUT2D eigenvalue weighted by molar-refractivity contribution is -0.119. The number of amides is 1. The van der Waals surface area contributed by atoms with Crippen LogP contribution in [-0.4, -0.2) is 35.1 Å². The van der Waals surface area contributed by atoms with Crippen LogP contribution < -0.4 is 11.1 Å². The molecule has 2 aromatic rings. The van der Waals surface area contributed by atoms with Crippen molar-refractivity contribution in [1.82, 2.24) is 9.97 Å². The fourth-order valence-corrected chi connectivity index (χ4v) is 4.19. The quantitative estimate of drug-likeness (QED) is 0.681. The van der Waals surface area contributed by atoms with Crippen molar-refractivity contribution in [1.29, 1.82) is 0 Å². The zero-order chi connectivity index (χ0) is 17.9. The van der Waals surface area contributed by atoms with Crippen molar-refractivity contribution in [3.05, 3.63) is 24.0 Å². The van der Waals surface area contributed by atoms with Gasteiger partial charge in [-0.25, -0.2) is 4.98 Å². The summed E-state index contributed by atoms with van der Waals surface area (Å²) in [6.45, 7) is 1.38. The lowest BCUT2D eigenvalue weighted by Gasteiger charge is -2.26. The van der Waals surface area contributed by atoms with Crippen molar-refractivity contribution in [2.75, 3.05) is 18.5 Å². The molecule has 0 spiro atoms. The first kappa shape index (κ1) is 22.9. The van der Waals surface area contributed by atoms with Crippen LogP contribution in [0.3, 0.4) is 0 Å². The lowest BCUT2D eigenvalue weighted by Crippen LogP contribution is -2.43. The van der Waals surface area contributed by atoms with E-state index in [4.69, 9.17) is 15.5 Å². The molecule has 1 aliphatic carbocycles. The van der Waals surface area contributed by atoms with E-state index in [0.717, 1.165) is 35.4 Å². The second kappa shape index (κ2) is 10.4. The Morgan fingerprint density at radius 2 is 1.86 bits per heavy atom. The van der Waals surface area contributed by atoms with Crippen molar-refractivity contribution in [3.63, 3.8) is 0 Å². The number of ether oxygens (including phenoxy) is 1. The largest absolute Gasteiger partial charge is 0.381 e. The number of benzene rings is 1. The highest BCUT2D eigenvalue weighted by molar-refractivity contribution is 5.96. The minimum atomic E-state index is -0.492. The van der Waals surface area contributed by atoms with Gasteiger partial charge in [0, 0.05) is 24.8 Å². The maximum absolute atomic E-state index is 12.5. The minimum absolute atomic E-state index is 0. The van der Waals surface area contributed by atoms with E-state index in [9.17, 15) is 4.79 Å². The molecule has 1 aromatic carbocycles. The van der Waals surface area contributed by atoms with E-state index >= 15 is 0 Å². The molecule has 1 aliphatic heterocycles. The number of nitrogens with two attached hydrogens (primary N) is 1. The van der Waals surface area contributed by atoms with Crippen molar-refractivity contribution in [2.24, 2.45) is 11.7 Å². The van der Waals surface area contributed by atoms with E-state index in [1.807, 2.05) is 18.2 Å². The van der Waals surface area contributed by atoms with Gasteiger partial charge in [0.05, 0.1) is 17.1 Å². The van der Waals surface area contributed by atoms with Gasteiger partial charge in [0.15, 0.2) is 0 Å². The van der Waals surface area contributed by atoms with Crippen LogP contribution in [-0.2, 0) is 9.53 Å². The Morgan fingerprint density at radius 3 is 2.57 bits per heavy atom. The Morgan fingerprint density at radius 1 is 1.14 bits per heavy atom. The summed E-state index contributed by atoms with van der Waals surface area (Å²) in [6, 6.07) is 5.34. The topological polar surface area (TPSA) is 93.0 Å². The Bertz CT molecular complexity index is 771. The van der Waals surface area contributed by atoms with E-state index < -0.39 is 6.04 Å². The van der Waals surface area contributed by atoms with Crippen LogP contribution in [0.25, 0.3) is 11.0 Å². The number of halogens is 2. The molecule has 2 aliphatic rings. The van der Waals surface area contributed by atoms with Gasteiger partial charge in [0.1, 0.15) is 5.82 Å². The van der Waals surface area contributed by atoms with E-state index in [0.29, 0.717) is 19.1 Å². The summed E-state index contributed by atoms with van der Waals surface area (Å²) < 4.78 is 5.35. The molecule has 1 saturated carbocycles. The molecule has 8 heteroatoms. The normalized spacial score (nSPS) is 19.5. The van der Waals surface area contributed by atoms with E-state index in [2.05, 4.69) is 10.3 Å². The first-order chi connectivity index (χ1) is 12.7. The van der Waals surface area contributed by atoms with Gasteiger partial charge in [0.2, 0.25) is 5.91 Å². The van der Waals surface area contributed by atoms with Crippen molar-refractivity contribution in [2.45, 2.75) is 56.9 Å². The summed E-state index contributed by atoms with van der Waals surface area (Å²) in [5.74, 6) is 1.69. The predicted octanol–water partition coefficient (Wildman–Crippen LogP) is 4.15. The summed E-state index contributed by atoms with van der Waals surface area (Å²) in [4.78, 5) is 20.7. The van der Waals surface area contributed by atoms with Crippen molar-refractivity contribution >= 4 is 47.4 Å². The second-order valence-corrected chi connectivity index (χ2v) is 7.65. The van der Waals surface area contributed by atoms with Crippen molar-refractivity contribution in [3.8, 4) is 0 Å². The molecule has 1 unspecified atom stereocenters. The second-order valence-electron chi connectivity index (χ2n) is 7.65. The van der Waals surface area contributed by atoms with Gasteiger partial charge in [-0.3, -0.25) is 4.79 Å². The standard InChI is InChI=1S/C20H28N4O2.2ClH/c21-18(13-8-10-26-11-9-13)20(25)22-15-6-7-16-17(12-15)24-19(23-16)14-4-2-1-3-5-14;;/h6-7,12-14,18H,1-5,8-11,21H2,(H,22,25)(H,23,24);2*1H. The SMILES string of the molecule is Cl.Cl.NC(C(=O)Nc1ccc2nc(C3CCCCC3)[nH]c2c1)C1CCOCC1. The number of aromatic nitrogens is 2. The molecule has 1 saturated heterocycles. The van der Waals surface area contributed by atoms with Crippen LogP contribution in [0.4, 0.5) is 5.69 Å². The summed E-state index contributed by atoms with van der Waals surface area (Å²) in [7, 11) is 0. The minimum Gasteiger partial charge on any atom is -0.381 e. The highest BCUT2D eigenvalue weighted by atomic mass is 35.5. The van der Waals surface area contributed by atoms with Gasteiger partial charge >= 0.3 is 0 Å². The molecule has 156 valence electrons. The van der Waals surface area contributed by atoms with Crippen LogP contribution in [0.15, 0.2) is 18.2 Å². The number of hydrogen-bond donors (Lipinski definition) is 3. The molecule has 0 bridgehead atoms. The van der Waals surface area contributed by atoms with Crippen LogP contribution in [0.2, 0.25) is 0 Å². The van der Waals surface area contributed by atoms with Gasteiger partial charge in [-0.05, 0) is 49.8 Å². The maximum Gasteiger partial charge on any atom is 0.241 e. The molecular formula is C20H30Cl2N4O2. The molecule has 6 nitrogen and oxygen atoms in total. The number of aromatic amines is 1. The molecule has 1 aromatic heterocycles. The van der Waals surface area contributed by atoms with Crippen LogP contribution in [0, 0.1) is 5.92 Å². The first-order valence-corrected chi connectivity index (χ1v) is 9.84. The Hall–Kier alpha value is -1.34. The third-order valence-electron chi connectivity index (χ3n) is 5.84. The predicted molar refractivity (Wildman–Crippen MR) is 117 cm³/mol. The van der Waals surface area contributed by atoms with Gasteiger partial charge in [0.25, 0.3) is 0 Å². The van der Waals surface area contributed by atoms with Crippen LogP contribution in [0.1, 0.15) is 56.7 Å². The van der Waals surface area contributed by atoms with Gasteiger partial charge in [-0.2, -0.15) is 0 Å². The molecule has 4 rings (SSSR count). The fourth-order valence-electron chi connectivity index (χ4n) is 4.19. The highest BCUT2D eigenvalue weighted by Crippen LogP contribution is 2.32. The molecule has 28 heavy (non-hydrogen) atoms. The number of fused-ring (bicyclic) bond motifs is 1. The molecule has 1 atom stereocenters. The fraction of sp³-hybridized carbons (Fsp3) is 0.600. The number of imidazole rings is 1. The lowest BCUT2D eigenvalue weighted by atomic mass is 9.89. The number of hydrogen-bond acceptors (Lipinski definition) is 4. The number of carbonyl (C=O) groups excluding carboxylic acids is 1. The summed E-state index contributed by atoms with van der Waals surface area (Å²) in [6.07, 6.45) is 8.02. The van der Waals surface area contributed by atoms with E-state index in [1.54, 1.807) is 0 Å². The van der Waals surface area contributed by atoms with Gasteiger partial charge in [-0.1, -0.05) is 19.3 Å². The average Bonchev–Trinajstić information content (AvgIpc) is 3.12. The molecule has 2 heterocycles. The van der Waals surface area contributed by atoms with Crippen LogP contribution >= 0.6 is 24.8 Å². The third kappa shape index (κ3) is 5.17. The summed E-state index contributed by atoms with van der Waals surface area (Å²) in [5.41, 5.74) is 8.86. The zero-order valence-electron chi connectivity index (χ0n) is 16.0. The Labute approximate surface area is 178 Å². The summed E-state index contributed by atoms with van der Waals surface area (Å²) >= 11 is 0. The number of H-pyrrole nitrogens is 1. The van der Waals surface area contributed by atoms with Gasteiger partial charge < -0.3 is 20.8 Å². The number of carbonyl (C=O) groups is 1. The number of nitrogens with zero attached hydrogens (tertiary/aromatic N) is 1. The molecule has 2 fully saturated rings. The molecule has 0 radical (unpaired) electrons. The highest BCUT2D eigenvalue weighted by Gasteiger charge is 2.26. The Kier molecular flexibility index (Phi) is 8.56. The molecular weight excluding hydrogens is 399 g/mol. The van der Waals surface area contributed by atoms with E-state index in [1.165, 1.54) is 32.1 Å². The summed E-state index contributed by atoms with van der Waals surface area (Å²) in [5, 5.41) is 2.97. The number of anilines is 1. The molecule has 4 N–H and O–H groups in total. The number of rotatable bonds is 4. The third-order valence-corrected chi connectivity index (χ3v) is 5.84. The number of nitrogens with one attached hydrogen (secondary N) is 2. The Balaban J connectivity index is 0.00000140. The monoisotopic (exact) mass is 428 g/mol. The van der Waals surface area contributed by atoms with Gasteiger partial charge in [-0.15, -0.1) is 24.8 Å². The average molecular weight is 429 g/mol. The van der Waals surface area contributed by atoms with Crippen LogP contribution in [0.5, 0.6) is 0 Å². The zero-order valence-corrected chi connectivity index (χ0v) is 17.6. The smallest absolute Gasteiger partial charge is 0.241 e. The first-order valence-electron chi connectivity index (χ1n) is 9.84. The maximum atomic E-state index is 12.5. The molecule has 1 amide bonds. The van der Waals surface area contributed by atoms with E-state index in [-0.39, 0.29) is 36.6 Å². The van der Waals surface area contributed by atoms with Crippen molar-refractivity contribution < 1.29 is 9.53 Å².